The Labute approximate surface area is 177 Å². The highest BCUT2D eigenvalue weighted by molar-refractivity contribution is 5.99. The lowest BCUT2D eigenvalue weighted by molar-refractivity contribution is 0.0499. The van der Waals surface area contributed by atoms with Gasteiger partial charge in [-0.1, -0.05) is 24.3 Å². The molecule has 3 rings (SSSR count). The van der Waals surface area contributed by atoms with Gasteiger partial charge in [-0.25, -0.2) is 0 Å². The monoisotopic (exact) mass is 414 g/mol. The molecule has 6 nitrogen and oxygen atoms in total. The second-order valence-corrected chi connectivity index (χ2v) is 6.75. The van der Waals surface area contributed by atoms with Crippen LogP contribution in [0.15, 0.2) is 48.5 Å². The Kier molecular flexibility index (Phi) is 9.18. The molecule has 0 aliphatic heterocycles. The van der Waals surface area contributed by atoms with Crippen LogP contribution in [0.3, 0.4) is 0 Å². The lowest BCUT2D eigenvalue weighted by atomic mass is 10.0. The van der Waals surface area contributed by atoms with Crippen molar-refractivity contribution in [2.24, 2.45) is 0 Å². The van der Waals surface area contributed by atoms with E-state index in [1.54, 1.807) is 14.2 Å². The van der Waals surface area contributed by atoms with Crippen LogP contribution in [0.4, 0.5) is 0 Å². The van der Waals surface area contributed by atoms with Gasteiger partial charge >= 0.3 is 0 Å². The first-order chi connectivity index (χ1) is 14.8. The zero-order chi connectivity index (χ0) is 21.0. The zero-order valence-corrected chi connectivity index (χ0v) is 17.7. The van der Waals surface area contributed by atoms with E-state index in [0.29, 0.717) is 64.4 Å². The molecule has 0 bridgehead atoms. The molecule has 0 N–H and O–H groups in total. The quantitative estimate of drug-likeness (QED) is 0.293. The van der Waals surface area contributed by atoms with Crippen molar-refractivity contribution >= 4 is 21.5 Å². The highest BCUT2D eigenvalue weighted by Crippen LogP contribution is 2.34. The average molecular weight is 414 g/mol. The normalized spacial score (nSPS) is 11.3. The molecule has 0 unspecified atom stereocenters. The van der Waals surface area contributed by atoms with Crippen molar-refractivity contribution in [2.45, 2.75) is 0 Å². The van der Waals surface area contributed by atoms with Crippen LogP contribution in [-0.4, -0.2) is 67.1 Å². The molecular formula is C24H30O6. The lowest BCUT2D eigenvalue weighted by Gasteiger charge is -2.15. The summed E-state index contributed by atoms with van der Waals surface area (Å²) in [6.45, 7) is 4.07. The van der Waals surface area contributed by atoms with Crippen molar-refractivity contribution in [1.82, 2.24) is 0 Å². The van der Waals surface area contributed by atoms with E-state index in [-0.39, 0.29) is 0 Å². The Morgan fingerprint density at radius 2 is 0.933 bits per heavy atom. The summed E-state index contributed by atoms with van der Waals surface area (Å²) in [5, 5.41) is 4.60. The SMILES string of the molecule is COCCOCCOc1cc2cc3ccccc3cc2cc1OCCOCCOC. The molecule has 0 heterocycles. The second-order valence-electron chi connectivity index (χ2n) is 6.75. The molecule has 0 saturated carbocycles. The third-order valence-electron chi connectivity index (χ3n) is 4.60. The van der Waals surface area contributed by atoms with E-state index in [9.17, 15) is 0 Å². The topological polar surface area (TPSA) is 55.4 Å². The molecule has 3 aromatic rings. The fraction of sp³-hybridized carbons (Fsp3) is 0.417. The number of fused-ring (bicyclic) bond motifs is 2. The van der Waals surface area contributed by atoms with Gasteiger partial charge in [0, 0.05) is 14.2 Å². The molecule has 6 heteroatoms. The molecule has 0 spiro atoms. The molecule has 3 aromatic carbocycles. The fourth-order valence-electron chi connectivity index (χ4n) is 3.09. The highest BCUT2D eigenvalue weighted by atomic mass is 16.6. The van der Waals surface area contributed by atoms with Gasteiger partial charge in [0.25, 0.3) is 0 Å². The van der Waals surface area contributed by atoms with Crippen LogP contribution in [0.25, 0.3) is 21.5 Å². The number of hydrogen-bond acceptors (Lipinski definition) is 6. The van der Waals surface area contributed by atoms with Crippen LogP contribution in [-0.2, 0) is 18.9 Å². The van der Waals surface area contributed by atoms with E-state index in [4.69, 9.17) is 28.4 Å². The highest BCUT2D eigenvalue weighted by Gasteiger charge is 2.10. The summed E-state index contributed by atoms with van der Waals surface area (Å²) >= 11 is 0. The lowest BCUT2D eigenvalue weighted by Crippen LogP contribution is -2.12. The van der Waals surface area contributed by atoms with Crippen LogP contribution in [0.5, 0.6) is 11.5 Å². The number of hydrogen-bond donors (Lipinski definition) is 0. The van der Waals surface area contributed by atoms with Crippen LogP contribution < -0.4 is 9.47 Å². The van der Waals surface area contributed by atoms with E-state index in [1.165, 1.54) is 10.8 Å². The molecule has 0 atom stereocenters. The van der Waals surface area contributed by atoms with E-state index >= 15 is 0 Å². The maximum Gasteiger partial charge on any atom is 0.161 e. The van der Waals surface area contributed by atoms with E-state index < -0.39 is 0 Å². The van der Waals surface area contributed by atoms with Crippen molar-refractivity contribution in [1.29, 1.82) is 0 Å². The van der Waals surface area contributed by atoms with Crippen LogP contribution in [0.2, 0.25) is 0 Å². The summed E-state index contributed by atoms with van der Waals surface area (Å²) in [6.07, 6.45) is 0. The Morgan fingerprint density at radius 1 is 0.500 bits per heavy atom. The predicted octanol–water partition coefficient (Wildman–Crippen LogP) is 4.08. The van der Waals surface area contributed by atoms with Gasteiger partial charge in [-0.15, -0.1) is 0 Å². The first-order valence-corrected chi connectivity index (χ1v) is 10.2. The van der Waals surface area contributed by atoms with Gasteiger partial charge < -0.3 is 28.4 Å². The van der Waals surface area contributed by atoms with Crippen molar-refractivity contribution in [3.05, 3.63) is 48.5 Å². The third-order valence-corrected chi connectivity index (χ3v) is 4.60. The van der Waals surface area contributed by atoms with E-state index in [1.807, 2.05) is 24.3 Å². The number of ether oxygens (including phenoxy) is 6. The van der Waals surface area contributed by atoms with E-state index in [2.05, 4.69) is 24.3 Å². The molecule has 0 amide bonds. The maximum atomic E-state index is 5.98. The van der Waals surface area contributed by atoms with Gasteiger partial charge in [0.2, 0.25) is 0 Å². The largest absolute Gasteiger partial charge is 0.487 e. The summed E-state index contributed by atoms with van der Waals surface area (Å²) in [5.41, 5.74) is 0. The van der Waals surface area contributed by atoms with Crippen molar-refractivity contribution < 1.29 is 28.4 Å². The van der Waals surface area contributed by atoms with Crippen molar-refractivity contribution in [3.63, 3.8) is 0 Å². The molecule has 30 heavy (non-hydrogen) atoms. The van der Waals surface area contributed by atoms with Crippen LogP contribution in [0, 0.1) is 0 Å². The summed E-state index contributed by atoms with van der Waals surface area (Å²) in [4.78, 5) is 0. The Morgan fingerprint density at radius 3 is 1.37 bits per heavy atom. The molecule has 162 valence electrons. The molecule has 0 saturated heterocycles. The minimum Gasteiger partial charge on any atom is -0.487 e. The Bertz CT molecular complexity index is 837. The minimum atomic E-state index is 0.434. The van der Waals surface area contributed by atoms with Crippen molar-refractivity contribution in [3.8, 4) is 11.5 Å². The molecule has 0 radical (unpaired) electrons. The summed E-state index contributed by atoms with van der Waals surface area (Å²) < 4.78 is 32.9. The third kappa shape index (κ3) is 6.57. The van der Waals surface area contributed by atoms with Gasteiger partial charge in [0.05, 0.1) is 39.6 Å². The molecule has 0 aromatic heterocycles. The van der Waals surface area contributed by atoms with Gasteiger partial charge in [-0.2, -0.15) is 0 Å². The Balaban J connectivity index is 1.72. The standard InChI is InChI=1S/C24H30O6/c1-25-7-9-27-11-13-29-23-17-21-15-19-5-3-4-6-20(19)16-22(21)18-24(23)30-14-12-28-10-8-26-2/h3-6,15-18H,7-14H2,1-2H3. The maximum absolute atomic E-state index is 5.98. The van der Waals surface area contributed by atoms with Gasteiger partial charge in [-0.3, -0.25) is 0 Å². The fourth-order valence-corrected chi connectivity index (χ4v) is 3.09. The first kappa shape index (κ1) is 22.3. The average Bonchev–Trinajstić information content (AvgIpc) is 2.77. The summed E-state index contributed by atoms with van der Waals surface area (Å²) in [5.74, 6) is 1.40. The number of methoxy groups -OCH3 is 2. The molecule has 0 aliphatic rings. The molecule has 0 fully saturated rings. The predicted molar refractivity (Wildman–Crippen MR) is 118 cm³/mol. The molecular weight excluding hydrogens is 384 g/mol. The number of benzene rings is 3. The summed E-state index contributed by atoms with van der Waals surface area (Å²) in [7, 11) is 3.31. The zero-order valence-electron chi connectivity index (χ0n) is 17.7. The molecule has 0 aliphatic carbocycles. The van der Waals surface area contributed by atoms with Crippen LogP contribution >= 0.6 is 0 Å². The van der Waals surface area contributed by atoms with Gasteiger partial charge in [0.1, 0.15) is 13.2 Å². The number of rotatable bonds is 14. The van der Waals surface area contributed by atoms with Crippen LogP contribution in [0.1, 0.15) is 0 Å². The van der Waals surface area contributed by atoms with E-state index in [0.717, 1.165) is 10.8 Å². The summed E-state index contributed by atoms with van der Waals surface area (Å²) in [6, 6.07) is 16.7. The second kappa shape index (κ2) is 12.3. The van der Waals surface area contributed by atoms with Gasteiger partial charge in [0.15, 0.2) is 11.5 Å². The smallest absolute Gasteiger partial charge is 0.161 e. The van der Waals surface area contributed by atoms with Crippen molar-refractivity contribution in [2.75, 3.05) is 67.1 Å². The van der Waals surface area contributed by atoms with Gasteiger partial charge in [-0.05, 0) is 45.8 Å². The Hall–Kier alpha value is -2.38. The first-order valence-electron chi connectivity index (χ1n) is 10.2. The minimum absolute atomic E-state index is 0.434.